The van der Waals surface area contributed by atoms with Crippen LogP contribution < -0.4 is 0 Å². The third kappa shape index (κ3) is 3.56. The fraction of sp³-hybridized carbons (Fsp3) is 0.182. The molecule has 0 spiro atoms. The molecule has 0 atom stereocenters. The number of carbonyl (C=O) groups excluding carboxylic acids is 1. The SMILES string of the molecule is CCOC(=O)/C=C/c1ccccc1.[H+]. The van der Waals surface area contributed by atoms with E-state index >= 15 is 0 Å². The summed E-state index contributed by atoms with van der Waals surface area (Å²) in [7, 11) is 0. The number of rotatable bonds is 3. The minimum atomic E-state index is -0.300. The van der Waals surface area contributed by atoms with Crippen LogP contribution in [0.4, 0.5) is 0 Å². The minimum Gasteiger partial charge on any atom is -0.463 e. The Bertz CT molecular complexity index is 293. The number of esters is 1. The summed E-state index contributed by atoms with van der Waals surface area (Å²) >= 11 is 0. The van der Waals surface area contributed by atoms with Gasteiger partial charge in [0.15, 0.2) is 0 Å². The Labute approximate surface area is 79.3 Å². The van der Waals surface area contributed by atoms with E-state index in [1.165, 1.54) is 6.08 Å². The highest BCUT2D eigenvalue weighted by atomic mass is 16.5. The molecule has 1 rings (SSSR count). The lowest BCUT2D eigenvalue weighted by Crippen LogP contribution is -1.98. The first-order valence-corrected chi connectivity index (χ1v) is 4.23. The van der Waals surface area contributed by atoms with E-state index in [0.717, 1.165) is 5.56 Å². The third-order valence-corrected chi connectivity index (χ3v) is 1.50. The summed E-state index contributed by atoms with van der Waals surface area (Å²) in [6, 6.07) is 9.63. The van der Waals surface area contributed by atoms with Gasteiger partial charge in [-0.05, 0) is 18.6 Å². The molecule has 0 saturated carbocycles. The van der Waals surface area contributed by atoms with Gasteiger partial charge in [-0.15, -0.1) is 0 Å². The lowest BCUT2D eigenvalue weighted by atomic mass is 10.2. The Morgan fingerprint density at radius 3 is 2.77 bits per heavy atom. The molecule has 0 amide bonds. The minimum absolute atomic E-state index is 0. The highest BCUT2D eigenvalue weighted by Crippen LogP contribution is 2.00. The maximum atomic E-state index is 10.9. The lowest BCUT2D eigenvalue weighted by Gasteiger charge is -1.94. The average Bonchev–Trinajstić information content (AvgIpc) is 2.17. The van der Waals surface area contributed by atoms with E-state index in [9.17, 15) is 4.79 Å². The number of hydrogen-bond acceptors (Lipinski definition) is 2. The zero-order valence-corrected chi connectivity index (χ0v) is 7.57. The predicted molar refractivity (Wildman–Crippen MR) is 53.2 cm³/mol. The van der Waals surface area contributed by atoms with Gasteiger partial charge < -0.3 is 4.74 Å². The second-order valence-electron chi connectivity index (χ2n) is 2.50. The molecule has 0 N–H and O–H groups in total. The molecule has 0 aliphatic heterocycles. The molecule has 0 unspecified atom stereocenters. The first-order chi connectivity index (χ1) is 6.33. The summed E-state index contributed by atoms with van der Waals surface area (Å²) in [6.07, 6.45) is 3.16. The van der Waals surface area contributed by atoms with Crippen LogP contribution in [0.1, 0.15) is 13.9 Å². The van der Waals surface area contributed by atoms with Gasteiger partial charge in [-0.3, -0.25) is 0 Å². The fourth-order valence-electron chi connectivity index (χ4n) is 0.919. The van der Waals surface area contributed by atoms with Gasteiger partial charge in [0.1, 0.15) is 0 Å². The molecule has 0 bridgehead atoms. The van der Waals surface area contributed by atoms with E-state index in [2.05, 4.69) is 0 Å². The Balaban J connectivity index is 0.00000169. The van der Waals surface area contributed by atoms with Crippen LogP contribution in [0, 0.1) is 0 Å². The lowest BCUT2D eigenvalue weighted by molar-refractivity contribution is -0.137. The van der Waals surface area contributed by atoms with Crippen molar-refractivity contribution in [1.82, 2.24) is 0 Å². The Kier molecular flexibility index (Phi) is 3.76. The van der Waals surface area contributed by atoms with E-state index in [0.29, 0.717) is 6.61 Å². The zero-order chi connectivity index (χ0) is 9.52. The van der Waals surface area contributed by atoms with Gasteiger partial charge in [-0.2, -0.15) is 0 Å². The van der Waals surface area contributed by atoms with E-state index < -0.39 is 0 Å². The van der Waals surface area contributed by atoms with Crippen LogP contribution in [0.3, 0.4) is 0 Å². The summed E-state index contributed by atoms with van der Waals surface area (Å²) in [5.41, 5.74) is 0.996. The van der Waals surface area contributed by atoms with Gasteiger partial charge in [0.25, 0.3) is 0 Å². The van der Waals surface area contributed by atoms with Gasteiger partial charge in [0.2, 0.25) is 0 Å². The second kappa shape index (κ2) is 5.14. The quantitative estimate of drug-likeness (QED) is 0.523. The highest BCUT2D eigenvalue weighted by molar-refractivity contribution is 5.86. The number of carbonyl (C=O) groups is 1. The molecule has 2 nitrogen and oxygen atoms in total. The van der Waals surface area contributed by atoms with Crippen molar-refractivity contribution in [3.05, 3.63) is 42.0 Å². The highest BCUT2D eigenvalue weighted by Gasteiger charge is 1.92. The van der Waals surface area contributed by atoms with E-state index in [1.54, 1.807) is 13.0 Å². The standard InChI is InChI=1S/C11H12O2/c1-2-13-11(12)9-8-10-6-4-3-5-7-10/h3-9H,2H2,1H3/p+1/b9-8+. The molecule has 2 heteroatoms. The fourth-order valence-corrected chi connectivity index (χ4v) is 0.919. The molecular weight excluding hydrogens is 164 g/mol. The topological polar surface area (TPSA) is 26.3 Å². The summed E-state index contributed by atoms with van der Waals surface area (Å²) in [5.74, 6) is -0.300. The Hall–Kier alpha value is -1.57. The molecule has 0 heterocycles. The van der Waals surface area contributed by atoms with Gasteiger partial charge >= 0.3 is 7.40 Å². The molecule has 1 aromatic rings. The van der Waals surface area contributed by atoms with Gasteiger partial charge in [0.05, 0.1) is 6.61 Å². The third-order valence-electron chi connectivity index (χ3n) is 1.50. The van der Waals surface area contributed by atoms with Crippen molar-refractivity contribution in [2.45, 2.75) is 6.92 Å². The summed E-state index contributed by atoms with van der Waals surface area (Å²) in [4.78, 5) is 10.9. The molecule has 68 valence electrons. The zero-order valence-electron chi connectivity index (χ0n) is 8.57. The molecule has 1 aromatic carbocycles. The first kappa shape index (κ1) is 9.52. The van der Waals surface area contributed by atoms with Crippen LogP contribution >= 0.6 is 0 Å². The predicted octanol–water partition coefficient (Wildman–Crippen LogP) is 2.38. The molecule has 0 radical (unpaired) electrons. The van der Waals surface area contributed by atoms with Crippen LogP contribution in [0.15, 0.2) is 36.4 Å². The average molecular weight is 177 g/mol. The molecule has 0 saturated heterocycles. The Morgan fingerprint density at radius 1 is 1.46 bits per heavy atom. The van der Waals surface area contributed by atoms with Gasteiger partial charge in [-0.1, -0.05) is 30.3 Å². The normalized spacial score (nSPS) is 10.2. The van der Waals surface area contributed by atoms with Gasteiger partial charge in [-0.25, -0.2) is 4.79 Å². The molecular formula is C11H13O2+. The molecule has 0 fully saturated rings. The van der Waals surface area contributed by atoms with Crippen molar-refractivity contribution < 1.29 is 11.0 Å². The maximum absolute atomic E-state index is 10.9. The second-order valence-corrected chi connectivity index (χ2v) is 2.50. The van der Waals surface area contributed by atoms with Crippen LogP contribution in [0.25, 0.3) is 6.08 Å². The Morgan fingerprint density at radius 2 is 2.15 bits per heavy atom. The van der Waals surface area contributed by atoms with E-state index in [4.69, 9.17) is 4.74 Å². The first-order valence-electron chi connectivity index (χ1n) is 4.23. The van der Waals surface area contributed by atoms with Crippen LogP contribution in [-0.2, 0) is 9.53 Å². The van der Waals surface area contributed by atoms with Crippen LogP contribution in [0.2, 0.25) is 0 Å². The summed E-state index contributed by atoms with van der Waals surface area (Å²) in [5, 5.41) is 0. The van der Waals surface area contributed by atoms with Crippen LogP contribution in [0.5, 0.6) is 0 Å². The van der Waals surface area contributed by atoms with E-state index in [-0.39, 0.29) is 7.40 Å². The van der Waals surface area contributed by atoms with Crippen molar-refractivity contribution in [2.75, 3.05) is 6.61 Å². The van der Waals surface area contributed by atoms with Crippen molar-refractivity contribution in [3.63, 3.8) is 0 Å². The van der Waals surface area contributed by atoms with Crippen molar-refractivity contribution in [1.29, 1.82) is 0 Å². The number of hydrogen-bond donors (Lipinski definition) is 0. The summed E-state index contributed by atoms with van der Waals surface area (Å²) < 4.78 is 4.74. The van der Waals surface area contributed by atoms with Crippen molar-refractivity contribution >= 4 is 12.0 Å². The number of benzene rings is 1. The smallest absolute Gasteiger partial charge is 0.463 e. The van der Waals surface area contributed by atoms with Gasteiger partial charge in [0, 0.05) is 6.08 Å². The monoisotopic (exact) mass is 177 g/mol. The van der Waals surface area contributed by atoms with Crippen molar-refractivity contribution in [3.8, 4) is 0 Å². The maximum Gasteiger partial charge on any atom is 1.00 e. The number of ether oxygens (including phenoxy) is 1. The molecule has 13 heavy (non-hydrogen) atoms. The molecule has 0 aliphatic carbocycles. The summed E-state index contributed by atoms with van der Waals surface area (Å²) in [6.45, 7) is 2.20. The molecule has 0 aliphatic rings. The van der Waals surface area contributed by atoms with Crippen LogP contribution in [-0.4, -0.2) is 12.6 Å². The largest absolute Gasteiger partial charge is 1.00 e. The van der Waals surface area contributed by atoms with E-state index in [1.807, 2.05) is 30.3 Å². The molecule has 0 aromatic heterocycles. The van der Waals surface area contributed by atoms with Crippen molar-refractivity contribution in [2.24, 2.45) is 0 Å².